The van der Waals surface area contributed by atoms with Crippen molar-refractivity contribution in [1.29, 1.82) is 0 Å². The van der Waals surface area contributed by atoms with E-state index in [-0.39, 0.29) is 5.41 Å². The Bertz CT molecular complexity index is 524. The molecule has 1 saturated heterocycles. The lowest BCUT2D eigenvalue weighted by Crippen LogP contribution is -2.68. The normalized spacial score (nSPS) is 22.6. The third-order valence-electron chi connectivity index (χ3n) is 4.54. The highest BCUT2D eigenvalue weighted by molar-refractivity contribution is 7.12. The minimum atomic E-state index is -0.844. The van der Waals surface area contributed by atoms with Crippen molar-refractivity contribution in [3.63, 3.8) is 0 Å². The van der Waals surface area contributed by atoms with Crippen molar-refractivity contribution >= 4 is 17.4 Å². The predicted molar refractivity (Wildman–Crippen MR) is 89.0 cm³/mol. The number of thiophene rings is 1. The minimum absolute atomic E-state index is 0.173. The van der Waals surface area contributed by atoms with Gasteiger partial charge in [-0.3, -0.25) is 4.90 Å². The molecule has 6 heteroatoms. The smallest absolute Gasteiger partial charge is 0.407 e. The summed E-state index contributed by atoms with van der Waals surface area (Å²) >= 11 is 1.58. The molecule has 1 atom stereocenters. The van der Waals surface area contributed by atoms with Gasteiger partial charge in [0, 0.05) is 26.1 Å². The van der Waals surface area contributed by atoms with Crippen molar-refractivity contribution in [1.82, 2.24) is 10.2 Å². The second-order valence-electron chi connectivity index (χ2n) is 6.93. The molecule has 2 rings (SSSR count). The number of piperazine rings is 1. The summed E-state index contributed by atoms with van der Waals surface area (Å²) in [5.41, 5.74) is 0.564. The monoisotopic (exact) mass is 326 g/mol. The summed E-state index contributed by atoms with van der Waals surface area (Å²) in [5.74, 6) is 0. The fourth-order valence-electron chi connectivity index (χ4n) is 3.14. The molecule has 2 heterocycles. The van der Waals surface area contributed by atoms with Crippen LogP contribution in [0.25, 0.3) is 0 Å². The highest BCUT2D eigenvalue weighted by Crippen LogP contribution is 2.40. The van der Waals surface area contributed by atoms with Crippen molar-refractivity contribution in [2.75, 3.05) is 26.2 Å². The van der Waals surface area contributed by atoms with E-state index < -0.39 is 11.6 Å². The second kappa shape index (κ2) is 6.46. The maximum Gasteiger partial charge on any atom is 0.407 e. The molecule has 1 unspecified atom stereocenters. The van der Waals surface area contributed by atoms with Crippen LogP contribution in [0.4, 0.5) is 4.79 Å². The highest BCUT2D eigenvalue weighted by Gasteiger charge is 2.50. The molecule has 5 nitrogen and oxygen atoms in total. The van der Waals surface area contributed by atoms with E-state index >= 15 is 0 Å². The molecule has 0 aliphatic carbocycles. The predicted octanol–water partition coefficient (Wildman–Crippen LogP) is 3.19. The molecule has 124 valence electrons. The van der Waals surface area contributed by atoms with Gasteiger partial charge in [-0.1, -0.05) is 20.8 Å². The number of amides is 1. The van der Waals surface area contributed by atoms with Gasteiger partial charge in [0.15, 0.2) is 5.06 Å². The average Bonchev–Trinajstić information content (AvgIpc) is 2.83. The number of carbonyl (C=O) groups is 1. The number of hydrogen-bond donors (Lipinski definition) is 2. The Morgan fingerprint density at radius 2 is 2.27 bits per heavy atom. The SMILES string of the molecule is Cc1csc(OCCC2(C(C)(C)C)CNCCN2C(=O)O)c1. The number of carboxylic acid groups (broad SMARTS) is 1. The van der Waals surface area contributed by atoms with Gasteiger partial charge in [0.1, 0.15) is 0 Å². The first-order valence-electron chi connectivity index (χ1n) is 7.65. The van der Waals surface area contributed by atoms with E-state index in [2.05, 4.69) is 31.5 Å². The molecule has 1 fully saturated rings. The van der Waals surface area contributed by atoms with Crippen molar-refractivity contribution in [3.8, 4) is 5.06 Å². The number of hydrogen-bond acceptors (Lipinski definition) is 4. The van der Waals surface area contributed by atoms with Gasteiger partial charge >= 0.3 is 6.09 Å². The van der Waals surface area contributed by atoms with E-state index in [4.69, 9.17) is 4.74 Å². The van der Waals surface area contributed by atoms with Gasteiger partial charge in [0.2, 0.25) is 0 Å². The van der Waals surface area contributed by atoms with Gasteiger partial charge in [0.05, 0.1) is 12.1 Å². The van der Waals surface area contributed by atoms with E-state index in [1.807, 2.05) is 13.0 Å². The van der Waals surface area contributed by atoms with Crippen LogP contribution in [0.15, 0.2) is 11.4 Å². The maximum atomic E-state index is 11.7. The summed E-state index contributed by atoms with van der Waals surface area (Å²) in [6.07, 6.45) is -0.171. The van der Waals surface area contributed by atoms with Gasteiger partial charge in [-0.25, -0.2) is 4.79 Å². The van der Waals surface area contributed by atoms with Crippen molar-refractivity contribution in [3.05, 3.63) is 17.0 Å². The Kier molecular flexibility index (Phi) is 5.02. The van der Waals surface area contributed by atoms with Gasteiger partial charge < -0.3 is 15.2 Å². The average molecular weight is 326 g/mol. The molecule has 0 saturated carbocycles. The molecular formula is C16H26N2O3S. The van der Waals surface area contributed by atoms with Crippen LogP contribution >= 0.6 is 11.3 Å². The summed E-state index contributed by atoms with van der Waals surface area (Å²) in [6.45, 7) is 10.7. The number of nitrogens with zero attached hydrogens (tertiary/aromatic N) is 1. The molecule has 1 amide bonds. The lowest BCUT2D eigenvalue weighted by Gasteiger charge is -2.53. The van der Waals surface area contributed by atoms with Crippen molar-refractivity contribution < 1.29 is 14.6 Å². The quantitative estimate of drug-likeness (QED) is 0.892. The number of ether oxygens (including phenoxy) is 1. The standard InChI is InChI=1S/C16H26N2O3S/c1-12-9-13(22-10-12)21-8-5-16(15(2,3)4)11-17-6-7-18(16)14(19)20/h9-10,17H,5-8,11H2,1-4H3,(H,19,20). The third kappa shape index (κ3) is 3.38. The van der Waals surface area contributed by atoms with Crippen LogP contribution < -0.4 is 10.1 Å². The molecule has 0 spiro atoms. The molecule has 0 radical (unpaired) electrons. The summed E-state index contributed by atoms with van der Waals surface area (Å²) in [4.78, 5) is 13.3. The van der Waals surface area contributed by atoms with Crippen molar-refractivity contribution in [2.45, 2.75) is 39.7 Å². The first kappa shape index (κ1) is 17.1. The molecule has 22 heavy (non-hydrogen) atoms. The van der Waals surface area contributed by atoms with Crippen LogP contribution in [0.5, 0.6) is 5.06 Å². The first-order valence-corrected chi connectivity index (χ1v) is 8.53. The van der Waals surface area contributed by atoms with E-state index in [9.17, 15) is 9.90 Å². The van der Waals surface area contributed by atoms with Gasteiger partial charge in [-0.2, -0.15) is 0 Å². The summed E-state index contributed by atoms with van der Waals surface area (Å²) in [5, 5.41) is 15.9. The Morgan fingerprint density at radius 3 is 2.82 bits per heavy atom. The molecular weight excluding hydrogens is 300 g/mol. The zero-order valence-corrected chi connectivity index (χ0v) is 14.6. The van der Waals surface area contributed by atoms with E-state index in [1.54, 1.807) is 16.2 Å². The van der Waals surface area contributed by atoms with Crippen LogP contribution in [0.1, 0.15) is 32.8 Å². The molecule has 0 aromatic carbocycles. The summed E-state index contributed by atoms with van der Waals surface area (Å²) in [7, 11) is 0. The van der Waals surface area contributed by atoms with Crippen LogP contribution in [0, 0.1) is 12.3 Å². The van der Waals surface area contributed by atoms with Gasteiger partial charge in [-0.05, 0) is 29.3 Å². The Hall–Kier alpha value is -1.27. The number of aryl methyl sites for hydroxylation is 1. The van der Waals surface area contributed by atoms with Crippen LogP contribution in [-0.4, -0.2) is 47.9 Å². The van der Waals surface area contributed by atoms with Gasteiger partial charge in [0.25, 0.3) is 0 Å². The highest BCUT2D eigenvalue weighted by atomic mass is 32.1. The van der Waals surface area contributed by atoms with Gasteiger partial charge in [-0.15, -0.1) is 11.3 Å². The van der Waals surface area contributed by atoms with Crippen LogP contribution in [0.3, 0.4) is 0 Å². The topological polar surface area (TPSA) is 61.8 Å². The molecule has 2 N–H and O–H groups in total. The molecule has 1 aliphatic heterocycles. The minimum Gasteiger partial charge on any atom is -0.484 e. The molecule has 0 bridgehead atoms. The van der Waals surface area contributed by atoms with E-state index in [0.717, 1.165) is 5.06 Å². The van der Waals surface area contributed by atoms with E-state index in [1.165, 1.54) is 5.56 Å². The zero-order chi connectivity index (χ0) is 16.4. The van der Waals surface area contributed by atoms with Crippen LogP contribution in [0.2, 0.25) is 0 Å². The second-order valence-corrected chi connectivity index (χ2v) is 7.81. The number of nitrogens with one attached hydrogen (secondary N) is 1. The fourth-order valence-corrected chi connectivity index (χ4v) is 3.92. The lowest BCUT2D eigenvalue weighted by atomic mass is 9.69. The Morgan fingerprint density at radius 1 is 1.55 bits per heavy atom. The van der Waals surface area contributed by atoms with Crippen LogP contribution in [-0.2, 0) is 0 Å². The Labute approximate surface area is 136 Å². The lowest BCUT2D eigenvalue weighted by molar-refractivity contribution is -0.0269. The maximum absolute atomic E-state index is 11.7. The Balaban J connectivity index is 2.13. The summed E-state index contributed by atoms with van der Waals surface area (Å²) in [6, 6.07) is 2.02. The molecule has 1 aliphatic rings. The largest absolute Gasteiger partial charge is 0.484 e. The molecule has 1 aromatic heterocycles. The summed E-state index contributed by atoms with van der Waals surface area (Å²) < 4.78 is 5.85. The fraction of sp³-hybridized carbons (Fsp3) is 0.688. The molecule has 1 aromatic rings. The van der Waals surface area contributed by atoms with Crippen molar-refractivity contribution in [2.24, 2.45) is 5.41 Å². The van der Waals surface area contributed by atoms with E-state index in [0.29, 0.717) is 32.7 Å². The third-order valence-corrected chi connectivity index (χ3v) is 5.50. The first-order chi connectivity index (χ1) is 10.3. The zero-order valence-electron chi connectivity index (χ0n) is 13.8. The number of rotatable bonds is 4.